The van der Waals surface area contributed by atoms with E-state index >= 15 is 0 Å². The van der Waals surface area contributed by atoms with Crippen molar-refractivity contribution >= 4 is 34.8 Å². The Balaban J connectivity index is 1.83. The average molecular weight is 379 g/mol. The summed E-state index contributed by atoms with van der Waals surface area (Å²) >= 11 is 6.08. The van der Waals surface area contributed by atoms with Gasteiger partial charge in [-0.2, -0.15) is 0 Å². The summed E-state index contributed by atoms with van der Waals surface area (Å²) in [4.78, 5) is 25.3. The maximum absolute atomic E-state index is 12.7. The van der Waals surface area contributed by atoms with Crippen LogP contribution in [0.1, 0.15) is 31.8 Å². The molecule has 4 nitrogen and oxygen atoms in total. The zero-order valence-electron chi connectivity index (χ0n) is 15.0. The van der Waals surface area contributed by atoms with Crippen molar-refractivity contribution in [3.05, 3.63) is 94.0 Å². The fraction of sp³-hybridized carbons (Fsp3) is 0.0909. The Morgan fingerprint density at radius 1 is 0.741 bits per heavy atom. The van der Waals surface area contributed by atoms with Gasteiger partial charge in [0.15, 0.2) is 0 Å². The number of hydrogen-bond acceptors (Lipinski definition) is 2. The van der Waals surface area contributed by atoms with E-state index in [0.717, 1.165) is 11.1 Å². The number of rotatable bonds is 4. The smallest absolute Gasteiger partial charge is 0.257 e. The molecule has 0 fully saturated rings. The van der Waals surface area contributed by atoms with Crippen molar-refractivity contribution in [1.29, 1.82) is 0 Å². The second-order valence-electron chi connectivity index (χ2n) is 6.23. The van der Waals surface area contributed by atoms with Crippen molar-refractivity contribution in [3.8, 4) is 0 Å². The lowest BCUT2D eigenvalue weighted by Gasteiger charge is -2.13. The summed E-state index contributed by atoms with van der Waals surface area (Å²) in [6, 6.07) is 19.4. The SMILES string of the molecule is Cc1ccc(NC(=O)c2ccccc2NC(=O)c2ccccc2Cl)cc1C. The molecular formula is C22H19ClN2O2. The minimum absolute atomic E-state index is 0.298. The van der Waals surface area contributed by atoms with Crippen LogP contribution in [0.3, 0.4) is 0 Å². The zero-order chi connectivity index (χ0) is 19.4. The van der Waals surface area contributed by atoms with Gasteiger partial charge in [0.2, 0.25) is 0 Å². The van der Waals surface area contributed by atoms with Crippen LogP contribution in [0.25, 0.3) is 0 Å². The number of carbonyl (C=O) groups is 2. The number of carbonyl (C=O) groups excluding carboxylic acids is 2. The van der Waals surface area contributed by atoms with Crippen molar-refractivity contribution in [1.82, 2.24) is 0 Å². The number of nitrogens with one attached hydrogen (secondary N) is 2. The molecule has 0 aliphatic rings. The normalized spacial score (nSPS) is 10.3. The molecule has 0 saturated heterocycles. The molecule has 136 valence electrons. The molecule has 3 rings (SSSR count). The molecule has 3 aromatic carbocycles. The van der Waals surface area contributed by atoms with Crippen molar-refractivity contribution in [3.63, 3.8) is 0 Å². The quantitative estimate of drug-likeness (QED) is 0.633. The lowest BCUT2D eigenvalue weighted by atomic mass is 10.1. The molecule has 27 heavy (non-hydrogen) atoms. The highest BCUT2D eigenvalue weighted by Crippen LogP contribution is 2.21. The summed E-state index contributed by atoms with van der Waals surface area (Å²) in [6.07, 6.45) is 0. The third-order valence-electron chi connectivity index (χ3n) is 4.30. The summed E-state index contributed by atoms with van der Waals surface area (Å²) in [6.45, 7) is 4.00. The molecule has 0 saturated carbocycles. The van der Waals surface area contributed by atoms with Gasteiger partial charge in [-0.1, -0.05) is 41.9 Å². The van der Waals surface area contributed by atoms with Crippen LogP contribution in [0.5, 0.6) is 0 Å². The summed E-state index contributed by atoms with van der Waals surface area (Å²) in [5, 5.41) is 6.00. The van der Waals surface area contributed by atoms with Gasteiger partial charge in [-0.3, -0.25) is 9.59 Å². The van der Waals surface area contributed by atoms with Crippen LogP contribution in [-0.2, 0) is 0 Å². The molecule has 0 unspecified atom stereocenters. The molecule has 3 aromatic rings. The Morgan fingerprint density at radius 3 is 2.07 bits per heavy atom. The van der Waals surface area contributed by atoms with E-state index in [1.165, 1.54) is 0 Å². The van der Waals surface area contributed by atoms with Gasteiger partial charge >= 0.3 is 0 Å². The van der Waals surface area contributed by atoms with Gasteiger partial charge in [0.05, 0.1) is 21.8 Å². The summed E-state index contributed by atoms with van der Waals surface area (Å²) in [5.41, 5.74) is 4.09. The van der Waals surface area contributed by atoms with E-state index in [4.69, 9.17) is 11.6 Å². The van der Waals surface area contributed by atoms with E-state index in [1.807, 2.05) is 32.0 Å². The third kappa shape index (κ3) is 4.36. The number of benzene rings is 3. The Labute approximate surface area is 163 Å². The molecule has 2 N–H and O–H groups in total. The maximum Gasteiger partial charge on any atom is 0.257 e. The van der Waals surface area contributed by atoms with Gasteiger partial charge < -0.3 is 10.6 Å². The van der Waals surface area contributed by atoms with Crippen LogP contribution in [0.4, 0.5) is 11.4 Å². The molecule has 0 spiro atoms. The fourth-order valence-corrected chi connectivity index (χ4v) is 2.86. The monoisotopic (exact) mass is 378 g/mol. The minimum Gasteiger partial charge on any atom is -0.322 e. The zero-order valence-corrected chi connectivity index (χ0v) is 15.8. The number of halogens is 1. The maximum atomic E-state index is 12.7. The largest absolute Gasteiger partial charge is 0.322 e. The topological polar surface area (TPSA) is 58.2 Å². The Kier molecular flexibility index (Phi) is 5.57. The van der Waals surface area contributed by atoms with Crippen molar-refractivity contribution in [2.45, 2.75) is 13.8 Å². The number of amides is 2. The molecule has 0 aromatic heterocycles. The molecular weight excluding hydrogens is 360 g/mol. The van der Waals surface area contributed by atoms with E-state index in [0.29, 0.717) is 27.5 Å². The lowest BCUT2D eigenvalue weighted by molar-refractivity contribution is 0.102. The summed E-state index contributed by atoms with van der Waals surface area (Å²) in [5.74, 6) is -0.666. The first-order valence-corrected chi connectivity index (χ1v) is 8.87. The Bertz CT molecular complexity index is 1010. The first-order valence-electron chi connectivity index (χ1n) is 8.49. The molecule has 5 heteroatoms. The van der Waals surface area contributed by atoms with E-state index in [9.17, 15) is 9.59 Å². The molecule has 0 bridgehead atoms. The molecule has 0 heterocycles. The van der Waals surface area contributed by atoms with Crippen LogP contribution in [0.2, 0.25) is 5.02 Å². The van der Waals surface area contributed by atoms with Crippen molar-refractivity contribution in [2.75, 3.05) is 10.6 Å². The van der Waals surface area contributed by atoms with Gasteiger partial charge in [0.1, 0.15) is 0 Å². The second-order valence-corrected chi connectivity index (χ2v) is 6.64. The summed E-state index contributed by atoms with van der Waals surface area (Å²) in [7, 11) is 0. The van der Waals surface area contributed by atoms with Crippen LogP contribution in [0.15, 0.2) is 66.7 Å². The Hall–Kier alpha value is -3.11. The predicted molar refractivity (Wildman–Crippen MR) is 110 cm³/mol. The van der Waals surface area contributed by atoms with E-state index in [2.05, 4.69) is 10.6 Å². The number of para-hydroxylation sites is 1. The number of hydrogen-bond donors (Lipinski definition) is 2. The predicted octanol–water partition coefficient (Wildman–Crippen LogP) is 5.46. The fourth-order valence-electron chi connectivity index (χ4n) is 2.64. The van der Waals surface area contributed by atoms with Crippen LogP contribution >= 0.6 is 11.6 Å². The van der Waals surface area contributed by atoms with Crippen LogP contribution < -0.4 is 10.6 Å². The van der Waals surface area contributed by atoms with Gasteiger partial charge in [-0.05, 0) is 61.4 Å². The summed E-state index contributed by atoms with van der Waals surface area (Å²) < 4.78 is 0. The molecule has 2 amide bonds. The van der Waals surface area contributed by atoms with Crippen molar-refractivity contribution in [2.24, 2.45) is 0 Å². The van der Waals surface area contributed by atoms with Gasteiger partial charge in [0, 0.05) is 5.69 Å². The number of aryl methyl sites for hydroxylation is 2. The highest BCUT2D eigenvalue weighted by atomic mass is 35.5. The van der Waals surface area contributed by atoms with Crippen LogP contribution in [0, 0.1) is 13.8 Å². The molecule has 0 aliphatic carbocycles. The first kappa shape index (κ1) is 18.7. The third-order valence-corrected chi connectivity index (χ3v) is 4.63. The van der Waals surface area contributed by atoms with E-state index < -0.39 is 0 Å². The molecule has 0 atom stereocenters. The standard InChI is InChI=1S/C22H19ClN2O2/c1-14-11-12-16(13-15(14)2)24-22(27)18-8-4-6-10-20(18)25-21(26)17-7-3-5-9-19(17)23/h3-13H,1-2H3,(H,24,27)(H,25,26). The average Bonchev–Trinajstić information content (AvgIpc) is 2.65. The lowest BCUT2D eigenvalue weighted by Crippen LogP contribution is -2.18. The molecule has 0 aliphatic heterocycles. The van der Waals surface area contributed by atoms with E-state index in [-0.39, 0.29) is 11.8 Å². The first-order chi connectivity index (χ1) is 13.0. The minimum atomic E-state index is -0.368. The Morgan fingerprint density at radius 2 is 1.37 bits per heavy atom. The van der Waals surface area contributed by atoms with Crippen LogP contribution in [-0.4, -0.2) is 11.8 Å². The van der Waals surface area contributed by atoms with Gasteiger partial charge in [-0.25, -0.2) is 0 Å². The molecule has 0 radical (unpaired) electrons. The second kappa shape index (κ2) is 8.06. The van der Waals surface area contributed by atoms with Gasteiger partial charge in [-0.15, -0.1) is 0 Å². The van der Waals surface area contributed by atoms with E-state index in [1.54, 1.807) is 48.5 Å². The van der Waals surface area contributed by atoms with Gasteiger partial charge in [0.25, 0.3) is 11.8 Å². The number of anilines is 2. The highest BCUT2D eigenvalue weighted by Gasteiger charge is 2.16. The van der Waals surface area contributed by atoms with Crippen molar-refractivity contribution < 1.29 is 9.59 Å². The highest BCUT2D eigenvalue weighted by molar-refractivity contribution is 6.34.